The van der Waals surface area contributed by atoms with E-state index >= 15 is 8.78 Å². The molecule has 6 rings (SSSR count). The number of fused-ring (bicyclic) bond motifs is 5. The van der Waals surface area contributed by atoms with Crippen molar-refractivity contribution in [1.82, 2.24) is 0 Å². The van der Waals surface area contributed by atoms with Crippen LogP contribution in [0, 0.1) is 40.4 Å². The average molecular weight is 701 g/mol. The molecular weight excluding hydrogens is 658 g/mol. The quantitative estimate of drug-likeness (QED) is 0.260. The zero-order valence-electron chi connectivity index (χ0n) is 27.9. The van der Waals surface area contributed by atoms with E-state index in [2.05, 4.69) is 11.8 Å². The van der Waals surface area contributed by atoms with Gasteiger partial charge in [0.2, 0.25) is 10.9 Å². The summed E-state index contributed by atoms with van der Waals surface area (Å²) in [5.41, 5.74) is -7.13. The lowest BCUT2D eigenvalue weighted by atomic mass is 9.44. The Morgan fingerprint density at radius 3 is 2.59 bits per heavy atom. The van der Waals surface area contributed by atoms with Gasteiger partial charge in [0, 0.05) is 22.7 Å². The van der Waals surface area contributed by atoms with Crippen molar-refractivity contribution < 1.29 is 51.7 Å². The van der Waals surface area contributed by atoms with Crippen LogP contribution in [-0.4, -0.2) is 70.1 Å². The van der Waals surface area contributed by atoms with Crippen LogP contribution in [0.5, 0.6) is 0 Å². The first kappa shape index (κ1) is 35.4. The van der Waals surface area contributed by atoms with Crippen molar-refractivity contribution in [1.29, 1.82) is 0 Å². The second-order valence-electron chi connectivity index (χ2n) is 14.4. The fourth-order valence-corrected chi connectivity index (χ4v) is 10.6. The largest absolute Gasteiger partial charge is 0.509 e. The van der Waals surface area contributed by atoms with Gasteiger partial charge >= 0.3 is 12.1 Å². The Balaban J connectivity index is 1.25. The van der Waals surface area contributed by atoms with Crippen LogP contribution in [0.25, 0.3) is 0 Å². The van der Waals surface area contributed by atoms with E-state index in [9.17, 15) is 24.3 Å². The molecule has 4 saturated carbocycles. The molecule has 0 unspecified atom stereocenters. The van der Waals surface area contributed by atoms with Crippen LogP contribution >= 0.6 is 11.8 Å². The summed E-state index contributed by atoms with van der Waals surface area (Å²) < 4.78 is 55.5. The van der Waals surface area contributed by atoms with Gasteiger partial charge in [0.15, 0.2) is 23.7 Å². The molecule has 9 nitrogen and oxygen atoms in total. The molecule has 0 saturated heterocycles. The number of hydrogen-bond acceptors (Lipinski definition) is 10. The second kappa shape index (κ2) is 13.4. The van der Waals surface area contributed by atoms with E-state index in [0.717, 1.165) is 49.9 Å². The zero-order valence-corrected chi connectivity index (χ0v) is 28.7. The SMILES string of the molecule is C[C@@H]1C[C@H]2[C@@H]3C[C@H](F)C4=CC(=O)C=C[C@]4(C)[C@@]3(F)[C@@H](O)C[C@]2(C)[C@@]1(OC(=O)c1ccco1)C(=O)SCC#CCOC(=O)OC1CCCCC1. The van der Waals surface area contributed by atoms with Crippen LogP contribution in [0.1, 0.15) is 82.7 Å². The molecule has 0 radical (unpaired) electrons. The summed E-state index contributed by atoms with van der Waals surface area (Å²) in [5, 5.41) is 11.2. The lowest BCUT2D eigenvalue weighted by Crippen LogP contribution is -2.70. The third kappa shape index (κ3) is 5.75. The van der Waals surface area contributed by atoms with Crippen LogP contribution in [0.15, 0.2) is 46.6 Å². The average Bonchev–Trinajstić information content (AvgIpc) is 3.68. The third-order valence-corrected chi connectivity index (χ3v) is 12.8. The maximum Gasteiger partial charge on any atom is 0.509 e. The van der Waals surface area contributed by atoms with E-state index in [-0.39, 0.29) is 49.1 Å². The lowest BCUT2D eigenvalue weighted by Gasteiger charge is -2.63. The summed E-state index contributed by atoms with van der Waals surface area (Å²) >= 11 is 0.806. The summed E-state index contributed by atoms with van der Waals surface area (Å²) in [6, 6.07) is 2.91. The number of furan rings is 1. The Hall–Kier alpha value is -3.43. The molecular formula is C37H42F2O9S. The summed E-state index contributed by atoms with van der Waals surface area (Å²) in [6.07, 6.45) is 5.07. The van der Waals surface area contributed by atoms with Gasteiger partial charge in [-0.1, -0.05) is 49.9 Å². The number of halogens is 2. The van der Waals surface area contributed by atoms with Gasteiger partial charge in [-0.05, 0) is 87.6 Å². The number of carbonyl (C=O) groups excluding carboxylic acids is 4. The standard InChI is InChI=1S/C37H42F2O9S/c1-22-18-25-26-20-28(38)27-19-23(40)13-14-34(27,2)36(26,39)30(41)21-35(25,3)37(22,48-31(42)29-12-9-16-45-29)32(43)49-17-8-7-15-46-33(44)47-24-10-5-4-6-11-24/h9,12-14,16,19,22,24-26,28,30,41H,4-6,10-11,15,17-18,20-21H2,1-3H3/t22-,25+,26+,28+,30+,34+,35+,36+,37+/m1/s1. The number of aliphatic hydroxyl groups excluding tert-OH is 1. The molecule has 1 aromatic rings. The predicted molar refractivity (Wildman–Crippen MR) is 175 cm³/mol. The van der Waals surface area contributed by atoms with E-state index in [1.807, 2.05) is 0 Å². The number of allylic oxidation sites excluding steroid dienone is 4. The molecule has 0 aliphatic heterocycles. The topological polar surface area (TPSA) is 129 Å². The van der Waals surface area contributed by atoms with E-state index < -0.39 is 75.2 Å². The second-order valence-corrected chi connectivity index (χ2v) is 15.4. The smallest absolute Gasteiger partial charge is 0.457 e. The highest BCUT2D eigenvalue weighted by Gasteiger charge is 2.78. The van der Waals surface area contributed by atoms with Crippen molar-refractivity contribution in [2.24, 2.45) is 28.6 Å². The summed E-state index contributed by atoms with van der Waals surface area (Å²) in [6.45, 7) is 4.72. The van der Waals surface area contributed by atoms with Crippen molar-refractivity contribution in [3.8, 4) is 11.8 Å². The van der Waals surface area contributed by atoms with Gasteiger partial charge in [0.05, 0.1) is 18.1 Å². The van der Waals surface area contributed by atoms with Gasteiger partial charge in [-0.15, -0.1) is 0 Å². The van der Waals surface area contributed by atoms with Gasteiger partial charge in [-0.2, -0.15) is 0 Å². The molecule has 0 spiro atoms. The molecule has 1 N–H and O–H groups in total. The highest BCUT2D eigenvalue weighted by Crippen LogP contribution is 2.72. The molecule has 0 amide bonds. The molecule has 264 valence electrons. The number of esters is 1. The van der Waals surface area contributed by atoms with Crippen LogP contribution in [0.4, 0.5) is 13.6 Å². The summed E-state index contributed by atoms with van der Waals surface area (Å²) in [4.78, 5) is 52.1. The van der Waals surface area contributed by atoms with E-state index in [0.29, 0.717) is 0 Å². The first-order valence-corrected chi connectivity index (χ1v) is 18.0. The molecule has 9 atom stereocenters. The summed E-state index contributed by atoms with van der Waals surface area (Å²) in [5.74, 6) is 1.60. The van der Waals surface area contributed by atoms with Gasteiger partial charge in [-0.3, -0.25) is 9.59 Å². The highest BCUT2D eigenvalue weighted by molar-refractivity contribution is 8.14. The number of carbonyl (C=O) groups is 4. The Morgan fingerprint density at radius 1 is 1.12 bits per heavy atom. The Kier molecular flexibility index (Phi) is 9.65. The predicted octanol–water partition coefficient (Wildman–Crippen LogP) is 6.49. The fourth-order valence-electron chi connectivity index (χ4n) is 9.57. The van der Waals surface area contributed by atoms with E-state index in [4.69, 9.17) is 18.6 Å². The highest BCUT2D eigenvalue weighted by atomic mass is 32.2. The third-order valence-electron chi connectivity index (χ3n) is 11.9. The van der Waals surface area contributed by atoms with Crippen LogP contribution in [0.3, 0.4) is 0 Å². The number of thioether (sulfide) groups is 1. The molecule has 1 heterocycles. The van der Waals surface area contributed by atoms with Crippen molar-refractivity contribution in [2.45, 2.75) is 102 Å². The molecule has 4 fully saturated rings. The first-order chi connectivity index (χ1) is 23.3. The van der Waals surface area contributed by atoms with E-state index in [1.54, 1.807) is 13.8 Å². The maximum absolute atomic E-state index is 17.7. The Bertz CT molecular complexity index is 1610. The monoisotopic (exact) mass is 700 g/mol. The van der Waals surface area contributed by atoms with Crippen molar-refractivity contribution in [2.75, 3.05) is 12.4 Å². The van der Waals surface area contributed by atoms with Gasteiger partial charge in [0.25, 0.3) is 0 Å². The minimum Gasteiger partial charge on any atom is -0.457 e. The normalized spacial score (nSPS) is 38.2. The van der Waals surface area contributed by atoms with Crippen LogP contribution < -0.4 is 0 Å². The lowest BCUT2D eigenvalue weighted by molar-refractivity contribution is -0.221. The molecule has 12 heteroatoms. The Labute approximate surface area is 288 Å². The molecule has 1 aromatic heterocycles. The number of rotatable bonds is 6. The molecule has 5 aliphatic rings. The van der Waals surface area contributed by atoms with Crippen LogP contribution in [-0.2, 0) is 23.8 Å². The van der Waals surface area contributed by atoms with Crippen molar-refractivity contribution in [3.05, 3.63) is 48.0 Å². The number of alkyl halides is 2. The Morgan fingerprint density at radius 2 is 1.88 bits per heavy atom. The minimum atomic E-state index is -2.36. The zero-order chi connectivity index (χ0) is 35.2. The first-order valence-electron chi connectivity index (χ1n) is 17.0. The number of hydrogen-bond donors (Lipinski definition) is 1. The molecule has 49 heavy (non-hydrogen) atoms. The minimum absolute atomic E-state index is 0.000561. The molecule has 5 aliphatic carbocycles. The number of aliphatic hydroxyl groups is 1. The van der Waals surface area contributed by atoms with Crippen molar-refractivity contribution in [3.63, 3.8) is 0 Å². The van der Waals surface area contributed by atoms with Gasteiger partial charge in [0.1, 0.15) is 12.3 Å². The van der Waals surface area contributed by atoms with Gasteiger partial charge < -0.3 is 23.7 Å². The number of ketones is 1. The van der Waals surface area contributed by atoms with Crippen LogP contribution in [0.2, 0.25) is 0 Å². The van der Waals surface area contributed by atoms with Gasteiger partial charge in [-0.25, -0.2) is 18.4 Å². The summed E-state index contributed by atoms with van der Waals surface area (Å²) in [7, 11) is 0. The molecule has 0 bridgehead atoms. The van der Waals surface area contributed by atoms with Crippen molar-refractivity contribution >= 4 is 34.8 Å². The maximum atomic E-state index is 17.7. The van der Waals surface area contributed by atoms with E-state index in [1.165, 1.54) is 37.5 Å². The molecule has 0 aromatic carbocycles. The fraction of sp³-hybridized carbons (Fsp3) is 0.622. The number of ether oxygens (including phenoxy) is 3.